The van der Waals surface area contributed by atoms with Crippen molar-refractivity contribution in [1.82, 2.24) is 0 Å². The van der Waals surface area contributed by atoms with Gasteiger partial charge in [0.05, 0.1) is 7.11 Å². The third kappa shape index (κ3) is 3.17. The lowest BCUT2D eigenvalue weighted by Gasteiger charge is -1.99. The van der Waals surface area contributed by atoms with Crippen LogP contribution in [0.4, 0.5) is 0 Å². The van der Waals surface area contributed by atoms with Crippen molar-refractivity contribution >= 4 is 29.1 Å². The first-order valence-corrected chi connectivity index (χ1v) is 4.82. The van der Waals surface area contributed by atoms with Crippen molar-refractivity contribution < 1.29 is 19.1 Å². The number of esters is 1. The fourth-order valence-corrected chi connectivity index (χ4v) is 1.17. The lowest BCUT2D eigenvalue weighted by Crippen LogP contribution is -2.18. The lowest BCUT2D eigenvalue weighted by molar-refractivity contribution is -0.142. The third-order valence-electron chi connectivity index (χ3n) is 1.89. The Morgan fingerprint density at radius 2 is 1.75 bits per heavy atom. The van der Waals surface area contributed by atoms with Gasteiger partial charge in [-0.05, 0) is 24.3 Å². The molecule has 0 unspecified atom stereocenters. The first-order chi connectivity index (χ1) is 7.54. The van der Waals surface area contributed by atoms with Crippen LogP contribution in [0.1, 0.15) is 16.8 Å². The molecule has 1 rings (SSSR count). The Bertz CT molecular complexity index is 422. The zero-order valence-corrected chi connectivity index (χ0v) is 9.28. The minimum Gasteiger partial charge on any atom is -0.469 e. The zero-order chi connectivity index (χ0) is 12.1. The predicted molar refractivity (Wildman–Crippen MR) is 57.4 cm³/mol. The Morgan fingerprint density at radius 3 is 2.25 bits per heavy atom. The Labute approximate surface area is 97.2 Å². The van der Waals surface area contributed by atoms with Crippen LogP contribution in [0.3, 0.4) is 0 Å². The molecule has 0 heterocycles. The number of carbonyl (C=O) groups excluding carboxylic acids is 3. The van der Waals surface area contributed by atoms with Crippen molar-refractivity contribution in [3.05, 3.63) is 34.9 Å². The van der Waals surface area contributed by atoms with Crippen LogP contribution in [-0.2, 0) is 14.3 Å². The summed E-state index contributed by atoms with van der Waals surface area (Å²) in [6.07, 6.45) is -0.544. The average Bonchev–Trinajstić information content (AvgIpc) is 2.28. The molecule has 0 spiro atoms. The number of Topliss-reactive ketones (excluding diaryl/α,β-unsaturated/α-hetero) is 2. The van der Waals surface area contributed by atoms with E-state index in [-0.39, 0.29) is 5.56 Å². The van der Waals surface area contributed by atoms with Gasteiger partial charge in [-0.25, -0.2) is 0 Å². The topological polar surface area (TPSA) is 60.4 Å². The molecule has 0 aliphatic heterocycles. The number of methoxy groups -OCH3 is 1. The van der Waals surface area contributed by atoms with Crippen molar-refractivity contribution in [2.45, 2.75) is 6.42 Å². The van der Waals surface area contributed by atoms with E-state index in [9.17, 15) is 14.4 Å². The summed E-state index contributed by atoms with van der Waals surface area (Å²) >= 11 is 5.63. The van der Waals surface area contributed by atoms with Gasteiger partial charge in [0.25, 0.3) is 0 Å². The minimum atomic E-state index is -0.797. The molecule has 0 fully saturated rings. The summed E-state index contributed by atoms with van der Waals surface area (Å²) in [5.74, 6) is -2.25. The molecule has 0 atom stereocenters. The molecule has 16 heavy (non-hydrogen) atoms. The van der Waals surface area contributed by atoms with Crippen molar-refractivity contribution in [2.24, 2.45) is 0 Å². The molecule has 0 aliphatic carbocycles. The summed E-state index contributed by atoms with van der Waals surface area (Å²) < 4.78 is 4.29. The molecule has 0 bridgehead atoms. The highest BCUT2D eigenvalue weighted by Gasteiger charge is 2.19. The van der Waals surface area contributed by atoms with Gasteiger partial charge in [-0.1, -0.05) is 11.6 Å². The number of ether oxygens (including phenoxy) is 1. The molecule has 0 aliphatic rings. The fourth-order valence-electron chi connectivity index (χ4n) is 1.05. The molecule has 5 heteroatoms. The molecule has 84 valence electrons. The van der Waals surface area contributed by atoms with Crippen LogP contribution in [0, 0.1) is 0 Å². The van der Waals surface area contributed by atoms with E-state index in [1.165, 1.54) is 24.3 Å². The highest BCUT2D eigenvalue weighted by Crippen LogP contribution is 2.10. The molecule has 0 saturated heterocycles. The number of hydrogen-bond acceptors (Lipinski definition) is 4. The van der Waals surface area contributed by atoms with Gasteiger partial charge in [0.15, 0.2) is 0 Å². The molecule has 0 radical (unpaired) electrons. The minimum absolute atomic E-state index is 0.207. The SMILES string of the molecule is COC(=O)CC(=O)C(=O)c1ccc(Cl)cc1. The zero-order valence-electron chi connectivity index (χ0n) is 8.53. The maximum Gasteiger partial charge on any atom is 0.313 e. The van der Waals surface area contributed by atoms with E-state index in [2.05, 4.69) is 4.74 Å². The van der Waals surface area contributed by atoms with E-state index in [1.54, 1.807) is 0 Å². The Balaban J connectivity index is 2.74. The largest absolute Gasteiger partial charge is 0.469 e. The van der Waals surface area contributed by atoms with Crippen molar-refractivity contribution in [3.8, 4) is 0 Å². The monoisotopic (exact) mass is 240 g/mol. The summed E-state index contributed by atoms with van der Waals surface area (Å²) in [6.45, 7) is 0. The summed E-state index contributed by atoms with van der Waals surface area (Å²) in [7, 11) is 1.16. The van der Waals surface area contributed by atoms with Crippen LogP contribution < -0.4 is 0 Å². The van der Waals surface area contributed by atoms with Gasteiger partial charge in [-0.15, -0.1) is 0 Å². The summed E-state index contributed by atoms with van der Waals surface area (Å²) in [5, 5.41) is 0.469. The Kier molecular flexibility index (Phi) is 4.19. The summed E-state index contributed by atoms with van der Waals surface area (Å²) in [6, 6.07) is 5.86. The van der Waals surface area contributed by atoms with Gasteiger partial charge >= 0.3 is 5.97 Å². The van der Waals surface area contributed by atoms with Gasteiger partial charge in [-0.3, -0.25) is 14.4 Å². The van der Waals surface area contributed by atoms with Crippen LogP contribution in [0.5, 0.6) is 0 Å². The number of carbonyl (C=O) groups is 3. The number of rotatable bonds is 4. The lowest BCUT2D eigenvalue weighted by atomic mass is 10.1. The molecule has 0 N–H and O–H groups in total. The number of halogens is 1. The van der Waals surface area contributed by atoms with E-state index in [1.807, 2.05) is 0 Å². The summed E-state index contributed by atoms with van der Waals surface area (Å²) in [5.41, 5.74) is 0.207. The second-order valence-electron chi connectivity index (χ2n) is 3.01. The van der Waals surface area contributed by atoms with E-state index in [0.29, 0.717) is 5.02 Å². The fraction of sp³-hybridized carbons (Fsp3) is 0.182. The van der Waals surface area contributed by atoms with E-state index in [4.69, 9.17) is 11.6 Å². The Morgan fingerprint density at radius 1 is 1.19 bits per heavy atom. The van der Waals surface area contributed by atoms with Crippen LogP contribution in [0.2, 0.25) is 5.02 Å². The van der Waals surface area contributed by atoms with Crippen molar-refractivity contribution in [3.63, 3.8) is 0 Å². The molecule has 0 saturated carbocycles. The average molecular weight is 241 g/mol. The quantitative estimate of drug-likeness (QED) is 0.348. The summed E-state index contributed by atoms with van der Waals surface area (Å²) in [4.78, 5) is 33.6. The standard InChI is InChI=1S/C11H9ClO4/c1-16-10(14)6-9(13)11(15)7-2-4-8(12)5-3-7/h2-5H,6H2,1H3. The first kappa shape index (κ1) is 12.4. The molecule has 1 aromatic rings. The molecular formula is C11H9ClO4. The van der Waals surface area contributed by atoms with E-state index < -0.39 is 24.0 Å². The highest BCUT2D eigenvalue weighted by molar-refractivity contribution is 6.45. The molecule has 1 aromatic carbocycles. The van der Waals surface area contributed by atoms with Crippen molar-refractivity contribution in [2.75, 3.05) is 7.11 Å². The molecule has 0 aromatic heterocycles. The number of ketones is 2. The van der Waals surface area contributed by atoms with Gasteiger partial charge in [0.1, 0.15) is 6.42 Å². The maximum absolute atomic E-state index is 11.5. The van der Waals surface area contributed by atoms with Crippen molar-refractivity contribution in [1.29, 1.82) is 0 Å². The first-order valence-electron chi connectivity index (χ1n) is 4.44. The maximum atomic E-state index is 11.5. The molecule has 4 nitrogen and oxygen atoms in total. The van der Waals surface area contributed by atoms with Gasteiger partial charge in [0, 0.05) is 10.6 Å². The van der Waals surface area contributed by atoms with Gasteiger partial charge in [-0.2, -0.15) is 0 Å². The number of benzene rings is 1. The molecule has 0 amide bonds. The second-order valence-corrected chi connectivity index (χ2v) is 3.45. The van der Waals surface area contributed by atoms with Crippen LogP contribution in [0.25, 0.3) is 0 Å². The van der Waals surface area contributed by atoms with Crippen LogP contribution in [-0.4, -0.2) is 24.6 Å². The number of hydrogen-bond donors (Lipinski definition) is 0. The van der Waals surface area contributed by atoms with Gasteiger partial charge in [0.2, 0.25) is 11.6 Å². The van der Waals surface area contributed by atoms with E-state index >= 15 is 0 Å². The van der Waals surface area contributed by atoms with Crippen LogP contribution in [0.15, 0.2) is 24.3 Å². The van der Waals surface area contributed by atoms with Gasteiger partial charge < -0.3 is 4.74 Å². The second kappa shape index (κ2) is 5.42. The predicted octanol–water partition coefficient (Wildman–Crippen LogP) is 1.65. The normalized spacial score (nSPS) is 9.62. The highest BCUT2D eigenvalue weighted by atomic mass is 35.5. The van der Waals surface area contributed by atoms with Crippen LogP contribution >= 0.6 is 11.6 Å². The molecular weight excluding hydrogens is 232 g/mol. The smallest absolute Gasteiger partial charge is 0.313 e. The Hall–Kier alpha value is -1.68. The third-order valence-corrected chi connectivity index (χ3v) is 2.14. The van der Waals surface area contributed by atoms with E-state index in [0.717, 1.165) is 7.11 Å².